The molecular weight excluding hydrogens is 277 g/mol. The standard InChI is InChI=1S/C13H13B.C8H11N/c1-14(12-8-4-2-5-9-12)13-10-6-3-7-11-13;1-7(2)8-3-5-9-6-4-8/h2-11H,1H3;3-7H,1-2H3. The Bertz CT molecular complexity index is 626. The van der Waals surface area contributed by atoms with E-state index in [-0.39, 0.29) is 0 Å². The van der Waals surface area contributed by atoms with Gasteiger partial charge in [-0.05, 0) is 23.6 Å². The summed E-state index contributed by atoms with van der Waals surface area (Å²) in [6.07, 6.45) is 3.66. The Kier molecular flexibility index (Phi) is 6.62. The Morgan fingerprint density at radius 1 is 0.696 bits per heavy atom. The molecule has 0 saturated carbocycles. The van der Waals surface area contributed by atoms with E-state index in [2.05, 4.69) is 86.3 Å². The highest BCUT2D eigenvalue weighted by Crippen LogP contribution is 2.10. The van der Waals surface area contributed by atoms with E-state index < -0.39 is 0 Å². The molecule has 0 saturated heterocycles. The van der Waals surface area contributed by atoms with Crippen molar-refractivity contribution >= 4 is 17.6 Å². The summed E-state index contributed by atoms with van der Waals surface area (Å²) in [5.41, 5.74) is 4.10. The maximum absolute atomic E-state index is 3.93. The van der Waals surface area contributed by atoms with Crippen LogP contribution in [0.5, 0.6) is 0 Å². The van der Waals surface area contributed by atoms with Crippen LogP contribution in [0.1, 0.15) is 25.3 Å². The summed E-state index contributed by atoms with van der Waals surface area (Å²) in [5.74, 6) is 0.619. The molecule has 2 aromatic carbocycles. The molecule has 0 radical (unpaired) electrons. The van der Waals surface area contributed by atoms with Crippen LogP contribution in [0.15, 0.2) is 85.2 Å². The third-order valence-electron chi connectivity index (χ3n) is 3.97. The summed E-state index contributed by atoms with van der Waals surface area (Å²) in [4.78, 5) is 3.93. The zero-order valence-electron chi connectivity index (χ0n) is 14.2. The molecule has 1 nitrogen and oxygen atoms in total. The molecule has 0 bridgehead atoms. The van der Waals surface area contributed by atoms with E-state index in [1.54, 1.807) is 0 Å². The van der Waals surface area contributed by atoms with Crippen molar-refractivity contribution in [3.05, 3.63) is 90.8 Å². The van der Waals surface area contributed by atoms with Gasteiger partial charge in [-0.1, -0.05) is 92.3 Å². The molecule has 2 heteroatoms. The molecule has 3 aromatic rings. The molecule has 0 spiro atoms. The van der Waals surface area contributed by atoms with Gasteiger partial charge in [0.25, 0.3) is 0 Å². The first kappa shape index (κ1) is 17.0. The van der Waals surface area contributed by atoms with Gasteiger partial charge in [0.05, 0.1) is 0 Å². The first-order chi connectivity index (χ1) is 11.2. The second-order valence-corrected chi connectivity index (χ2v) is 5.98. The summed E-state index contributed by atoms with van der Waals surface area (Å²) in [6, 6.07) is 25.3. The summed E-state index contributed by atoms with van der Waals surface area (Å²) >= 11 is 0. The SMILES string of the molecule is CB(c1ccccc1)c1ccccc1.CC(C)c1ccncc1. The molecule has 23 heavy (non-hydrogen) atoms. The van der Waals surface area contributed by atoms with Crippen molar-refractivity contribution in [2.24, 2.45) is 0 Å². The Hall–Kier alpha value is -2.35. The van der Waals surface area contributed by atoms with Gasteiger partial charge in [-0.15, -0.1) is 0 Å². The third-order valence-corrected chi connectivity index (χ3v) is 3.97. The summed E-state index contributed by atoms with van der Waals surface area (Å²) in [5, 5.41) is 0. The molecule has 0 amide bonds. The number of aromatic nitrogens is 1. The lowest BCUT2D eigenvalue weighted by Gasteiger charge is -2.08. The molecule has 0 fully saturated rings. The minimum atomic E-state index is 0.484. The zero-order chi connectivity index (χ0) is 16.5. The zero-order valence-corrected chi connectivity index (χ0v) is 14.2. The lowest BCUT2D eigenvalue weighted by atomic mass is 9.43. The fourth-order valence-electron chi connectivity index (χ4n) is 2.42. The molecule has 0 aliphatic heterocycles. The van der Waals surface area contributed by atoms with Crippen LogP contribution in [0.4, 0.5) is 0 Å². The van der Waals surface area contributed by atoms with Crippen LogP contribution in [-0.4, -0.2) is 11.7 Å². The van der Waals surface area contributed by atoms with Gasteiger partial charge in [-0.3, -0.25) is 4.98 Å². The third kappa shape index (κ3) is 5.41. The molecule has 0 unspecified atom stereocenters. The molecule has 116 valence electrons. The average molecular weight is 301 g/mol. The van der Waals surface area contributed by atoms with Gasteiger partial charge in [0.15, 0.2) is 0 Å². The van der Waals surface area contributed by atoms with E-state index in [0.717, 1.165) is 0 Å². The Balaban J connectivity index is 0.000000185. The summed E-state index contributed by atoms with van der Waals surface area (Å²) < 4.78 is 0. The summed E-state index contributed by atoms with van der Waals surface area (Å²) in [7, 11) is 0. The van der Waals surface area contributed by atoms with Crippen molar-refractivity contribution in [2.45, 2.75) is 26.6 Å². The molecule has 3 rings (SSSR count). The second-order valence-electron chi connectivity index (χ2n) is 5.98. The van der Waals surface area contributed by atoms with Gasteiger partial charge in [0.2, 0.25) is 6.71 Å². The largest absolute Gasteiger partial charge is 0.265 e. The Morgan fingerprint density at radius 3 is 1.48 bits per heavy atom. The maximum Gasteiger partial charge on any atom is 0.206 e. The first-order valence-electron chi connectivity index (χ1n) is 8.18. The minimum absolute atomic E-state index is 0.484. The van der Waals surface area contributed by atoms with E-state index in [4.69, 9.17) is 0 Å². The topological polar surface area (TPSA) is 12.9 Å². The summed E-state index contributed by atoms with van der Waals surface area (Å²) in [6.45, 7) is 7.08. The van der Waals surface area contributed by atoms with Crippen LogP contribution in [-0.2, 0) is 0 Å². The Morgan fingerprint density at radius 2 is 1.13 bits per heavy atom. The van der Waals surface area contributed by atoms with Gasteiger partial charge in [-0.2, -0.15) is 0 Å². The van der Waals surface area contributed by atoms with Gasteiger partial charge < -0.3 is 0 Å². The van der Waals surface area contributed by atoms with Gasteiger partial charge in [0, 0.05) is 12.4 Å². The maximum atomic E-state index is 3.93. The molecule has 1 heterocycles. The van der Waals surface area contributed by atoms with Crippen LogP contribution < -0.4 is 10.9 Å². The fourth-order valence-corrected chi connectivity index (χ4v) is 2.42. The van der Waals surface area contributed by atoms with Crippen molar-refractivity contribution in [1.29, 1.82) is 0 Å². The molecule has 0 atom stereocenters. The number of hydrogen-bond acceptors (Lipinski definition) is 1. The number of rotatable bonds is 3. The molecule has 0 aliphatic rings. The van der Waals surface area contributed by atoms with Crippen LogP contribution in [0.2, 0.25) is 6.82 Å². The smallest absolute Gasteiger partial charge is 0.206 e. The second kappa shape index (κ2) is 8.94. The van der Waals surface area contributed by atoms with Gasteiger partial charge in [-0.25, -0.2) is 0 Å². The quantitative estimate of drug-likeness (QED) is 0.663. The predicted octanol–water partition coefficient (Wildman–Crippen LogP) is 4.13. The van der Waals surface area contributed by atoms with E-state index >= 15 is 0 Å². The molecule has 0 N–H and O–H groups in total. The van der Waals surface area contributed by atoms with Crippen molar-refractivity contribution in [2.75, 3.05) is 0 Å². The normalized spacial score (nSPS) is 9.91. The Labute approximate surface area is 140 Å². The lowest BCUT2D eigenvalue weighted by Crippen LogP contribution is -2.38. The van der Waals surface area contributed by atoms with Crippen molar-refractivity contribution < 1.29 is 0 Å². The van der Waals surface area contributed by atoms with E-state index in [0.29, 0.717) is 12.6 Å². The highest BCUT2D eigenvalue weighted by molar-refractivity contribution is 6.84. The lowest BCUT2D eigenvalue weighted by molar-refractivity contribution is 0.863. The van der Waals surface area contributed by atoms with E-state index in [1.165, 1.54) is 16.5 Å². The minimum Gasteiger partial charge on any atom is -0.265 e. The van der Waals surface area contributed by atoms with E-state index in [1.807, 2.05) is 24.5 Å². The monoisotopic (exact) mass is 301 g/mol. The first-order valence-corrected chi connectivity index (χ1v) is 8.18. The average Bonchev–Trinajstić information content (AvgIpc) is 2.64. The van der Waals surface area contributed by atoms with Crippen molar-refractivity contribution in [3.63, 3.8) is 0 Å². The number of benzene rings is 2. The van der Waals surface area contributed by atoms with Gasteiger partial charge >= 0.3 is 0 Å². The van der Waals surface area contributed by atoms with Crippen LogP contribution in [0.25, 0.3) is 0 Å². The predicted molar refractivity (Wildman–Crippen MR) is 102 cm³/mol. The highest BCUT2D eigenvalue weighted by atomic mass is 14.6. The number of nitrogens with zero attached hydrogens (tertiary/aromatic N) is 1. The molecule has 1 aromatic heterocycles. The van der Waals surface area contributed by atoms with Crippen molar-refractivity contribution in [1.82, 2.24) is 4.98 Å². The fraction of sp³-hybridized carbons (Fsp3) is 0.190. The van der Waals surface area contributed by atoms with Crippen molar-refractivity contribution in [3.8, 4) is 0 Å². The number of pyridine rings is 1. The van der Waals surface area contributed by atoms with Crippen LogP contribution >= 0.6 is 0 Å². The highest BCUT2D eigenvalue weighted by Gasteiger charge is 2.10. The van der Waals surface area contributed by atoms with Gasteiger partial charge in [0.1, 0.15) is 0 Å². The van der Waals surface area contributed by atoms with Crippen LogP contribution in [0.3, 0.4) is 0 Å². The van der Waals surface area contributed by atoms with E-state index in [9.17, 15) is 0 Å². The molecular formula is C21H24BN. The number of hydrogen-bond donors (Lipinski definition) is 0. The molecule has 0 aliphatic carbocycles. The van der Waals surface area contributed by atoms with Crippen LogP contribution in [0, 0.1) is 0 Å².